The summed E-state index contributed by atoms with van der Waals surface area (Å²) in [4.78, 5) is 8.09. The Hall–Kier alpha value is -5.82. The number of aromatic nitrogens is 4. The van der Waals surface area contributed by atoms with Crippen molar-refractivity contribution in [2.75, 3.05) is 0 Å². The third-order valence-corrected chi connectivity index (χ3v) is 9.90. The number of hydrogen-bond acceptors (Lipinski definition) is 8. The molecule has 4 heterocycles. The maximum absolute atomic E-state index is 13.7. The lowest BCUT2D eigenvalue weighted by molar-refractivity contribution is -0.137. The summed E-state index contributed by atoms with van der Waals surface area (Å²) in [5, 5.41) is 31.7. The minimum Gasteiger partial charge on any atom is -0.383 e. The molecule has 8 aromatic rings. The molecule has 2 unspecified atom stereocenters. The lowest BCUT2D eigenvalue weighted by Gasteiger charge is -2.15. The molecule has 4 aromatic heterocycles. The molecule has 58 heavy (non-hydrogen) atoms. The number of aliphatic hydroxyl groups excluding tert-OH is 2. The van der Waals surface area contributed by atoms with Crippen LogP contribution < -0.4 is 0 Å². The highest BCUT2D eigenvalue weighted by Crippen LogP contribution is 2.45. The Bertz CT molecular complexity index is 2580. The maximum Gasteiger partial charge on any atom is 0.417 e. The van der Waals surface area contributed by atoms with Gasteiger partial charge in [0.2, 0.25) is 0 Å². The topological polar surface area (TPSA) is 118 Å². The van der Waals surface area contributed by atoms with E-state index in [0.29, 0.717) is 43.8 Å². The summed E-state index contributed by atoms with van der Waals surface area (Å²) in [6.07, 6.45) is -0.708. The van der Waals surface area contributed by atoms with Crippen LogP contribution in [0.4, 0.5) is 13.2 Å². The summed E-state index contributed by atoms with van der Waals surface area (Å²) in [5.41, 5.74) is 4.34. The largest absolute Gasteiger partial charge is 0.417 e. The van der Waals surface area contributed by atoms with Gasteiger partial charge in [-0.2, -0.15) is 13.2 Å². The van der Waals surface area contributed by atoms with E-state index in [4.69, 9.17) is 43.8 Å². The van der Waals surface area contributed by atoms with Crippen LogP contribution in [0.2, 0.25) is 15.1 Å². The number of pyridine rings is 2. The van der Waals surface area contributed by atoms with E-state index in [-0.39, 0.29) is 27.6 Å². The quantitative estimate of drug-likeness (QED) is 0.155. The number of hydrogen-bond donors (Lipinski definition) is 2. The number of alkyl halides is 3. The monoisotopic (exact) mass is 840 g/mol. The van der Waals surface area contributed by atoms with E-state index in [1.54, 1.807) is 54.9 Å². The SMILES string of the molecule is Cc1ccc(-c2onc(-c3ccc(Cl)cc3)c2C(O)c2cccnc2)cc1.OC(c1cccnc1)c1c(-c2ccc(Cl)cc2Cl)noc1-c1ccccc1C(F)(F)F. The maximum atomic E-state index is 13.7. The van der Waals surface area contributed by atoms with Crippen molar-refractivity contribution in [3.63, 3.8) is 0 Å². The van der Waals surface area contributed by atoms with Gasteiger partial charge in [-0.05, 0) is 55.5 Å². The normalized spacial score (nSPS) is 12.4. The van der Waals surface area contributed by atoms with Crippen LogP contribution in [0, 0.1) is 6.92 Å². The van der Waals surface area contributed by atoms with Crippen LogP contribution in [-0.2, 0) is 6.18 Å². The van der Waals surface area contributed by atoms with Crippen molar-refractivity contribution in [1.29, 1.82) is 0 Å². The van der Waals surface area contributed by atoms with Gasteiger partial charge in [0.15, 0.2) is 11.5 Å². The zero-order chi connectivity index (χ0) is 41.0. The molecule has 292 valence electrons. The van der Waals surface area contributed by atoms with Crippen molar-refractivity contribution >= 4 is 34.8 Å². The van der Waals surface area contributed by atoms with Gasteiger partial charge >= 0.3 is 6.18 Å². The number of aliphatic hydroxyl groups is 2. The summed E-state index contributed by atoms with van der Waals surface area (Å²) in [6.45, 7) is 2.02. The molecule has 0 aliphatic heterocycles. The van der Waals surface area contributed by atoms with Gasteiger partial charge in [-0.25, -0.2) is 0 Å². The molecule has 2 atom stereocenters. The summed E-state index contributed by atoms with van der Waals surface area (Å²) in [6, 6.07) is 31.5. The first-order valence-electron chi connectivity index (χ1n) is 17.5. The molecule has 4 aromatic carbocycles. The van der Waals surface area contributed by atoms with Gasteiger partial charge in [0.05, 0.1) is 21.7 Å². The van der Waals surface area contributed by atoms with Crippen molar-refractivity contribution in [3.05, 3.63) is 188 Å². The molecule has 8 rings (SSSR count). The van der Waals surface area contributed by atoms with Gasteiger partial charge in [-0.3, -0.25) is 9.97 Å². The fraction of sp³-hybridized carbons (Fsp3) is 0.0909. The summed E-state index contributed by atoms with van der Waals surface area (Å²) >= 11 is 18.3. The van der Waals surface area contributed by atoms with Gasteiger partial charge in [0, 0.05) is 68.2 Å². The fourth-order valence-corrected chi connectivity index (χ4v) is 6.86. The molecule has 0 saturated carbocycles. The van der Waals surface area contributed by atoms with Crippen LogP contribution >= 0.6 is 34.8 Å². The third kappa shape index (κ3) is 8.69. The number of rotatable bonds is 8. The van der Waals surface area contributed by atoms with E-state index in [1.807, 2.05) is 49.4 Å². The number of nitrogens with zero attached hydrogens (tertiary/aromatic N) is 4. The van der Waals surface area contributed by atoms with E-state index in [0.717, 1.165) is 22.8 Å². The van der Waals surface area contributed by atoms with E-state index >= 15 is 0 Å². The van der Waals surface area contributed by atoms with Crippen LogP contribution in [0.5, 0.6) is 0 Å². The molecule has 14 heteroatoms. The van der Waals surface area contributed by atoms with E-state index in [9.17, 15) is 23.4 Å². The Morgan fingerprint density at radius 2 is 1.14 bits per heavy atom. The highest BCUT2D eigenvalue weighted by Gasteiger charge is 2.37. The molecular weight excluding hydrogens is 812 g/mol. The van der Waals surface area contributed by atoms with Crippen molar-refractivity contribution in [1.82, 2.24) is 20.3 Å². The average Bonchev–Trinajstić information content (AvgIpc) is 3.87. The fourth-order valence-electron chi connectivity index (χ4n) is 6.24. The molecule has 2 N–H and O–H groups in total. The Morgan fingerprint density at radius 3 is 1.72 bits per heavy atom. The van der Waals surface area contributed by atoms with Gasteiger partial charge < -0.3 is 19.3 Å². The second-order valence-corrected chi connectivity index (χ2v) is 14.2. The molecule has 0 amide bonds. The predicted molar refractivity (Wildman–Crippen MR) is 216 cm³/mol. The predicted octanol–water partition coefficient (Wildman–Crippen LogP) is 12.3. The summed E-state index contributed by atoms with van der Waals surface area (Å²) in [5.74, 6) is 0.321. The first kappa shape index (κ1) is 40.4. The molecule has 0 bridgehead atoms. The molecule has 0 radical (unpaired) electrons. The molecule has 0 spiro atoms. The Kier molecular flexibility index (Phi) is 12.1. The lowest BCUT2D eigenvalue weighted by Crippen LogP contribution is -2.08. The van der Waals surface area contributed by atoms with Gasteiger partial charge in [-0.1, -0.05) is 117 Å². The Labute approximate surface area is 345 Å². The summed E-state index contributed by atoms with van der Waals surface area (Å²) in [7, 11) is 0. The standard InChI is InChI=1S/C22H13Cl2F3N2O2.C22H17ClN2O2/c23-13-7-8-15(17(24)10-13)19-18(20(30)12-4-3-9-28-11-12)21(31-29-19)14-5-1-2-6-16(14)22(25,26)27;1-14-4-6-16(7-5-14)22-19(21(26)17-3-2-12-24-13-17)20(25-27-22)15-8-10-18(23)11-9-15/h1-11,20,30H;2-13,21,26H,1H3. The Balaban J connectivity index is 0.000000178. The first-order chi connectivity index (χ1) is 27.9. The van der Waals surface area contributed by atoms with Crippen LogP contribution in [-0.4, -0.2) is 30.5 Å². The van der Waals surface area contributed by atoms with E-state index in [2.05, 4.69) is 20.3 Å². The summed E-state index contributed by atoms with van der Waals surface area (Å²) < 4.78 is 52.0. The van der Waals surface area contributed by atoms with Crippen molar-refractivity contribution < 1.29 is 32.4 Å². The Morgan fingerprint density at radius 1 is 0.586 bits per heavy atom. The van der Waals surface area contributed by atoms with Crippen LogP contribution in [0.1, 0.15) is 45.6 Å². The number of benzene rings is 4. The van der Waals surface area contributed by atoms with E-state index < -0.39 is 23.9 Å². The zero-order valence-electron chi connectivity index (χ0n) is 30.2. The van der Waals surface area contributed by atoms with Crippen molar-refractivity contribution in [2.24, 2.45) is 0 Å². The van der Waals surface area contributed by atoms with Gasteiger partial charge in [0.1, 0.15) is 23.6 Å². The molecule has 0 saturated heterocycles. The molecule has 0 aliphatic rings. The second kappa shape index (κ2) is 17.4. The highest BCUT2D eigenvalue weighted by molar-refractivity contribution is 6.36. The van der Waals surface area contributed by atoms with Gasteiger partial charge in [0.25, 0.3) is 0 Å². The first-order valence-corrected chi connectivity index (χ1v) is 18.6. The third-order valence-electron chi connectivity index (χ3n) is 9.10. The van der Waals surface area contributed by atoms with Crippen LogP contribution in [0.3, 0.4) is 0 Å². The molecule has 0 fully saturated rings. The minimum absolute atomic E-state index is 0.0360. The number of halogens is 6. The van der Waals surface area contributed by atoms with Crippen LogP contribution in [0.15, 0.2) is 149 Å². The minimum atomic E-state index is -4.64. The highest BCUT2D eigenvalue weighted by atomic mass is 35.5. The van der Waals surface area contributed by atoms with Crippen molar-refractivity contribution in [2.45, 2.75) is 25.3 Å². The zero-order valence-corrected chi connectivity index (χ0v) is 32.5. The lowest BCUT2D eigenvalue weighted by atomic mass is 9.93. The average molecular weight is 842 g/mol. The number of aryl methyl sites for hydroxylation is 1. The smallest absolute Gasteiger partial charge is 0.383 e. The van der Waals surface area contributed by atoms with E-state index in [1.165, 1.54) is 36.7 Å². The van der Waals surface area contributed by atoms with Gasteiger partial charge in [-0.15, -0.1) is 0 Å². The second-order valence-electron chi connectivity index (χ2n) is 13.0. The molecule has 8 nitrogen and oxygen atoms in total. The molecular formula is C44H30Cl3F3N4O4. The van der Waals surface area contributed by atoms with Crippen molar-refractivity contribution in [3.8, 4) is 45.2 Å². The molecule has 0 aliphatic carbocycles. The van der Waals surface area contributed by atoms with Crippen LogP contribution in [0.25, 0.3) is 45.2 Å².